The van der Waals surface area contributed by atoms with E-state index in [1.54, 1.807) is 6.07 Å². The van der Waals surface area contributed by atoms with Gasteiger partial charge in [0.1, 0.15) is 0 Å². The van der Waals surface area contributed by atoms with E-state index in [9.17, 15) is 0 Å². The molecule has 6 heteroatoms. The zero-order valence-electron chi connectivity index (χ0n) is 15.8. The van der Waals surface area contributed by atoms with Crippen molar-refractivity contribution in [2.24, 2.45) is 0 Å². The number of halogens is 3. The Morgan fingerprint density at radius 2 is 1.72 bits per heavy atom. The largest absolute Gasteiger partial charge is 0.367 e. The first-order chi connectivity index (χ1) is 14.0. The maximum atomic E-state index is 9.06. The van der Waals surface area contributed by atoms with Crippen molar-refractivity contribution in [3.05, 3.63) is 80.8 Å². The highest BCUT2D eigenvalue weighted by Crippen LogP contribution is 2.36. The van der Waals surface area contributed by atoms with Crippen molar-refractivity contribution in [3.8, 4) is 6.07 Å². The van der Waals surface area contributed by atoms with Gasteiger partial charge in [-0.15, -0.1) is 0 Å². The molecule has 2 aromatic carbocycles. The molecule has 0 spiro atoms. The molecule has 4 rings (SSSR count). The molecule has 0 unspecified atom stereocenters. The number of hydrogen-bond acceptors (Lipinski definition) is 3. The van der Waals surface area contributed by atoms with E-state index >= 15 is 0 Å². The van der Waals surface area contributed by atoms with Crippen molar-refractivity contribution < 1.29 is 0 Å². The first-order valence-electron chi connectivity index (χ1n) is 9.57. The van der Waals surface area contributed by atoms with E-state index in [4.69, 9.17) is 40.1 Å². The number of benzene rings is 2. The zero-order chi connectivity index (χ0) is 20.4. The third-order valence-corrected chi connectivity index (χ3v) is 6.37. The molecule has 0 aromatic heterocycles. The number of hydrogen-bond donors (Lipinski definition) is 0. The van der Waals surface area contributed by atoms with Gasteiger partial charge >= 0.3 is 0 Å². The van der Waals surface area contributed by atoms with Crippen LogP contribution in [0.4, 0.5) is 11.4 Å². The zero-order valence-corrected chi connectivity index (χ0v) is 18.1. The fourth-order valence-corrected chi connectivity index (χ4v) is 4.66. The predicted molar refractivity (Wildman–Crippen MR) is 122 cm³/mol. The molecule has 0 saturated carbocycles. The molecule has 1 atom stereocenters. The minimum atomic E-state index is 0.180. The van der Waals surface area contributed by atoms with Crippen LogP contribution in [0.3, 0.4) is 0 Å². The molecule has 2 aromatic rings. The minimum absolute atomic E-state index is 0.180. The Kier molecular flexibility index (Phi) is 6.06. The standard InChI is InChI=1S/C23H20Cl3N3/c24-18-5-3-17(4-6-18)23-15-28(20-8-1-16(14-27)2-9-20)11-12-29(23)22-10-7-19(25)13-21(22)26/h1-3,5,7-10,13,23H,4,6,11-12,15H2/t23-/m0/s1. The number of allylic oxidation sites excluding steroid dienone is 3. The fourth-order valence-electron chi connectivity index (χ4n) is 3.99. The van der Waals surface area contributed by atoms with Crippen molar-refractivity contribution in [1.82, 2.24) is 0 Å². The Labute approximate surface area is 186 Å². The van der Waals surface area contributed by atoms with E-state index in [0.717, 1.165) is 48.9 Å². The second-order valence-electron chi connectivity index (χ2n) is 7.26. The Morgan fingerprint density at radius 3 is 2.38 bits per heavy atom. The van der Waals surface area contributed by atoms with Crippen molar-refractivity contribution in [2.45, 2.75) is 18.9 Å². The van der Waals surface area contributed by atoms with Gasteiger partial charge in [-0.1, -0.05) is 40.9 Å². The van der Waals surface area contributed by atoms with E-state index in [0.29, 0.717) is 15.6 Å². The number of nitriles is 1. The number of nitrogens with zero attached hydrogens (tertiary/aromatic N) is 3. The van der Waals surface area contributed by atoms with E-state index < -0.39 is 0 Å². The van der Waals surface area contributed by atoms with Gasteiger partial charge in [0, 0.05) is 35.4 Å². The third-order valence-electron chi connectivity index (χ3n) is 5.52. The molecule has 1 saturated heterocycles. The second kappa shape index (κ2) is 8.71. The molecule has 0 radical (unpaired) electrons. The van der Waals surface area contributed by atoms with Gasteiger partial charge in [0.25, 0.3) is 0 Å². The molecule has 1 aliphatic heterocycles. The molecule has 0 bridgehead atoms. The monoisotopic (exact) mass is 443 g/mol. The van der Waals surface area contributed by atoms with Crippen LogP contribution in [0.2, 0.25) is 10.0 Å². The lowest BCUT2D eigenvalue weighted by atomic mass is 9.93. The Morgan fingerprint density at radius 1 is 0.931 bits per heavy atom. The van der Waals surface area contributed by atoms with Crippen LogP contribution in [-0.2, 0) is 0 Å². The first-order valence-corrected chi connectivity index (χ1v) is 10.7. The summed E-state index contributed by atoms with van der Waals surface area (Å²) in [5, 5.41) is 11.3. The Balaban J connectivity index is 1.66. The highest BCUT2D eigenvalue weighted by atomic mass is 35.5. The highest BCUT2D eigenvalue weighted by Gasteiger charge is 2.31. The van der Waals surface area contributed by atoms with Crippen LogP contribution in [0.15, 0.2) is 65.2 Å². The lowest BCUT2D eigenvalue weighted by molar-refractivity contribution is 0.553. The van der Waals surface area contributed by atoms with Crippen molar-refractivity contribution >= 4 is 46.2 Å². The lowest BCUT2D eigenvalue weighted by Crippen LogP contribution is -2.54. The van der Waals surface area contributed by atoms with Crippen LogP contribution < -0.4 is 9.80 Å². The van der Waals surface area contributed by atoms with Gasteiger partial charge in [-0.2, -0.15) is 5.26 Å². The molecule has 0 N–H and O–H groups in total. The SMILES string of the molecule is N#Cc1ccc(N2CCN(c3ccc(Cl)cc3Cl)[C@H](C3=CC=C(Cl)CC3)C2)cc1. The highest BCUT2D eigenvalue weighted by molar-refractivity contribution is 6.36. The average molecular weight is 445 g/mol. The van der Waals surface area contributed by atoms with Gasteiger partial charge in [0.05, 0.1) is 28.4 Å². The van der Waals surface area contributed by atoms with E-state index in [-0.39, 0.29) is 6.04 Å². The quantitative estimate of drug-likeness (QED) is 0.548. The lowest BCUT2D eigenvalue weighted by Gasteiger charge is -2.45. The van der Waals surface area contributed by atoms with Crippen molar-refractivity contribution in [2.75, 3.05) is 29.4 Å². The maximum Gasteiger partial charge on any atom is 0.0991 e. The van der Waals surface area contributed by atoms with E-state index in [2.05, 4.69) is 21.9 Å². The molecule has 1 heterocycles. The summed E-state index contributed by atoms with van der Waals surface area (Å²) in [4.78, 5) is 4.74. The van der Waals surface area contributed by atoms with Gasteiger partial charge < -0.3 is 9.80 Å². The van der Waals surface area contributed by atoms with Gasteiger partial charge in [-0.25, -0.2) is 0 Å². The number of anilines is 2. The molecule has 0 amide bonds. The molecule has 1 aliphatic carbocycles. The third kappa shape index (κ3) is 4.41. The fraction of sp³-hybridized carbons (Fsp3) is 0.261. The second-order valence-corrected chi connectivity index (χ2v) is 8.59. The minimum Gasteiger partial charge on any atom is -0.367 e. The summed E-state index contributed by atoms with van der Waals surface area (Å²) in [6.45, 7) is 2.54. The van der Waals surface area contributed by atoms with Crippen LogP contribution in [0.1, 0.15) is 18.4 Å². The smallest absolute Gasteiger partial charge is 0.0991 e. The van der Waals surface area contributed by atoms with Gasteiger partial charge in [-0.05, 0) is 67.0 Å². The molecule has 29 heavy (non-hydrogen) atoms. The summed E-state index contributed by atoms with van der Waals surface area (Å²) < 4.78 is 0. The van der Waals surface area contributed by atoms with Crippen molar-refractivity contribution in [3.63, 3.8) is 0 Å². The molecular formula is C23H20Cl3N3. The predicted octanol–water partition coefficient (Wildman–Crippen LogP) is 6.40. The van der Waals surface area contributed by atoms with Crippen LogP contribution >= 0.6 is 34.8 Å². The van der Waals surface area contributed by atoms with Crippen LogP contribution in [0.5, 0.6) is 0 Å². The Bertz CT molecular complexity index is 1010. The molecule has 148 valence electrons. The summed E-state index contributed by atoms with van der Waals surface area (Å²) in [7, 11) is 0. The van der Waals surface area contributed by atoms with Crippen LogP contribution in [-0.4, -0.2) is 25.7 Å². The van der Waals surface area contributed by atoms with Gasteiger partial charge in [0.2, 0.25) is 0 Å². The summed E-state index contributed by atoms with van der Waals surface area (Å²) in [6.07, 6.45) is 5.95. The number of rotatable bonds is 3. The molecule has 1 fully saturated rings. The maximum absolute atomic E-state index is 9.06. The van der Waals surface area contributed by atoms with Gasteiger partial charge in [0.15, 0.2) is 0 Å². The van der Waals surface area contributed by atoms with E-state index in [1.165, 1.54) is 5.57 Å². The summed E-state index contributed by atoms with van der Waals surface area (Å²) in [6, 6.07) is 15.8. The first kappa shape index (κ1) is 20.2. The van der Waals surface area contributed by atoms with Gasteiger partial charge in [-0.3, -0.25) is 0 Å². The Hall–Kier alpha value is -2.12. The van der Waals surface area contributed by atoms with Crippen LogP contribution in [0, 0.1) is 11.3 Å². The normalized spacial score (nSPS) is 19.4. The summed E-state index contributed by atoms with van der Waals surface area (Å²) >= 11 is 18.9. The molecule has 3 nitrogen and oxygen atoms in total. The van der Waals surface area contributed by atoms with E-state index in [1.807, 2.05) is 42.5 Å². The number of piperazine rings is 1. The molecular weight excluding hydrogens is 425 g/mol. The molecule has 2 aliphatic rings. The summed E-state index contributed by atoms with van der Waals surface area (Å²) in [5.41, 5.74) is 4.15. The van der Waals surface area contributed by atoms with Crippen molar-refractivity contribution in [1.29, 1.82) is 5.26 Å². The topological polar surface area (TPSA) is 30.3 Å². The summed E-state index contributed by atoms with van der Waals surface area (Å²) in [5.74, 6) is 0. The average Bonchev–Trinajstić information content (AvgIpc) is 2.74. The van der Waals surface area contributed by atoms with Crippen LogP contribution in [0.25, 0.3) is 0 Å².